The van der Waals surface area contributed by atoms with E-state index in [0.29, 0.717) is 5.82 Å². The monoisotopic (exact) mass is 332 g/mol. The van der Waals surface area contributed by atoms with Gasteiger partial charge in [-0.25, -0.2) is 9.97 Å². The Labute approximate surface area is 147 Å². The van der Waals surface area contributed by atoms with Crippen LogP contribution in [0.5, 0.6) is 0 Å². The van der Waals surface area contributed by atoms with Gasteiger partial charge in [0.25, 0.3) is 5.91 Å². The number of hydrogen-bond donors (Lipinski definition) is 2. The summed E-state index contributed by atoms with van der Waals surface area (Å²) in [5.74, 6) is 0.319. The molecule has 2 N–H and O–H groups in total. The highest BCUT2D eigenvalue weighted by atomic mass is 16.1. The van der Waals surface area contributed by atoms with E-state index in [1.54, 1.807) is 6.20 Å². The Kier molecular flexibility index (Phi) is 4.75. The zero-order valence-corrected chi connectivity index (χ0v) is 14.5. The topological polar surface area (TPSA) is 66.9 Å². The molecular formula is C20H20N4O. The Morgan fingerprint density at radius 3 is 2.16 bits per heavy atom. The van der Waals surface area contributed by atoms with Crippen molar-refractivity contribution >= 4 is 23.1 Å². The van der Waals surface area contributed by atoms with Crippen molar-refractivity contribution in [2.45, 2.75) is 20.8 Å². The molecule has 0 fully saturated rings. The first-order valence-corrected chi connectivity index (χ1v) is 8.06. The Hall–Kier alpha value is -3.21. The number of para-hydroxylation sites is 1. The summed E-state index contributed by atoms with van der Waals surface area (Å²) in [5.41, 5.74) is 5.40. The SMILES string of the molecule is Cc1ccc(NC(=O)c2cnc(Nc3c(C)cccc3C)cn2)cc1. The van der Waals surface area contributed by atoms with Crippen molar-refractivity contribution in [3.05, 3.63) is 77.2 Å². The van der Waals surface area contributed by atoms with E-state index in [1.165, 1.54) is 6.20 Å². The number of benzene rings is 2. The molecule has 0 saturated carbocycles. The predicted octanol–water partition coefficient (Wildman–Crippen LogP) is 4.40. The van der Waals surface area contributed by atoms with Crippen LogP contribution in [-0.2, 0) is 0 Å². The number of nitrogens with zero attached hydrogens (tertiary/aromatic N) is 2. The molecule has 0 saturated heterocycles. The van der Waals surface area contributed by atoms with Crippen molar-refractivity contribution in [1.82, 2.24) is 9.97 Å². The average molecular weight is 332 g/mol. The maximum Gasteiger partial charge on any atom is 0.275 e. The Morgan fingerprint density at radius 1 is 0.880 bits per heavy atom. The summed E-state index contributed by atoms with van der Waals surface area (Å²) in [7, 11) is 0. The zero-order valence-electron chi connectivity index (χ0n) is 14.5. The highest BCUT2D eigenvalue weighted by Crippen LogP contribution is 2.22. The molecule has 3 rings (SSSR count). The number of carbonyl (C=O) groups excluding carboxylic acids is 1. The van der Waals surface area contributed by atoms with Crippen LogP contribution in [0.15, 0.2) is 54.9 Å². The molecule has 0 unspecified atom stereocenters. The summed E-state index contributed by atoms with van der Waals surface area (Å²) in [4.78, 5) is 20.8. The van der Waals surface area contributed by atoms with Crippen molar-refractivity contribution in [3.8, 4) is 0 Å². The van der Waals surface area contributed by atoms with Crippen LogP contribution < -0.4 is 10.6 Å². The lowest BCUT2D eigenvalue weighted by atomic mass is 10.1. The fourth-order valence-electron chi connectivity index (χ4n) is 2.48. The molecule has 0 atom stereocenters. The lowest BCUT2D eigenvalue weighted by Gasteiger charge is -2.12. The highest BCUT2D eigenvalue weighted by molar-refractivity contribution is 6.02. The molecule has 0 bridgehead atoms. The van der Waals surface area contributed by atoms with Crippen molar-refractivity contribution in [2.75, 3.05) is 10.6 Å². The number of anilines is 3. The van der Waals surface area contributed by atoms with Crippen LogP contribution in [0, 0.1) is 20.8 Å². The van der Waals surface area contributed by atoms with Crippen LogP contribution in [0.1, 0.15) is 27.2 Å². The van der Waals surface area contributed by atoms with Gasteiger partial charge in [0, 0.05) is 11.4 Å². The molecule has 0 spiro atoms. The van der Waals surface area contributed by atoms with Crippen molar-refractivity contribution in [2.24, 2.45) is 0 Å². The van der Waals surface area contributed by atoms with E-state index in [1.807, 2.05) is 63.2 Å². The number of nitrogens with one attached hydrogen (secondary N) is 2. The van der Waals surface area contributed by atoms with Crippen molar-refractivity contribution < 1.29 is 4.79 Å². The minimum Gasteiger partial charge on any atom is -0.339 e. The molecule has 1 heterocycles. The van der Waals surface area contributed by atoms with Gasteiger partial charge >= 0.3 is 0 Å². The van der Waals surface area contributed by atoms with E-state index in [2.05, 4.69) is 20.6 Å². The maximum absolute atomic E-state index is 12.2. The predicted molar refractivity (Wildman–Crippen MR) is 100 cm³/mol. The van der Waals surface area contributed by atoms with E-state index < -0.39 is 0 Å². The average Bonchev–Trinajstić information content (AvgIpc) is 2.61. The minimum atomic E-state index is -0.282. The summed E-state index contributed by atoms with van der Waals surface area (Å²) >= 11 is 0. The van der Waals surface area contributed by atoms with Crippen LogP contribution in [0.2, 0.25) is 0 Å². The van der Waals surface area contributed by atoms with Crippen molar-refractivity contribution in [1.29, 1.82) is 0 Å². The zero-order chi connectivity index (χ0) is 17.8. The largest absolute Gasteiger partial charge is 0.339 e. The quantitative estimate of drug-likeness (QED) is 0.743. The van der Waals surface area contributed by atoms with Gasteiger partial charge in [-0.2, -0.15) is 0 Å². The first-order chi connectivity index (χ1) is 12.0. The first-order valence-electron chi connectivity index (χ1n) is 8.06. The number of amides is 1. The molecule has 1 amide bonds. The lowest BCUT2D eigenvalue weighted by molar-refractivity contribution is 0.102. The number of aryl methyl sites for hydroxylation is 3. The van der Waals surface area contributed by atoms with E-state index >= 15 is 0 Å². The Bertz CT molecular complexity index is 866. The summed E-state index contributed by atoms with van der Waals surface area (Å²) in [6.45, 7) is 6.07. The van der Waals surface area contributed by atoms with Crippen molar-refractivity contribution in [3.63, 3.8) is 0 Å². The third-order valence-corrected chi connectivity index (χ3v) is 3.93. The van der Waals surface area contributed by atoms with E-state index in [9.17, 15) is 4.79 Å². The Morgan fingerprint density at radius 2 is 1.56 bits per heavy atom. The second-order valence-electron chi connectivity index (χ2n) is 6.00. The number of aromatic nitrogens is 2. The van der Waals surface area contributed by atoms with Gasteiger partial charge in [-0.15, -0.1) is 0 Å². The van der Waals surface area contributed by atoms with Crippen LogP contribution in [0.3, 0.4) is 0 Å². The maximum atomic E-state index is 12.2. The molecule has 5 nitrogen and oxygen atoms in total. The molecule has 2 aromatic carbocycles. The van der Waals surface area contributed by atoms with Crippen LogP contribution in [0.4, 0.5) is 17.2 Å². The molecule has 0 radical (unpaired) electrons. The van der Waals surface area contributed by atoms with Gasteiger partial charge in [-0.3, -0.25) is 4.79 Å². The molecule has 126 valence electrons. The molecular weight excluding hydrogens is 312 g/mol. The van der Waals surface area contributed by atoms with Gasteiger partial charge in [0.1, 0.15) is 11.5 Å². The Balaban J connectivity index is 1.71. The molecule has 0 aliphatic carbocycles. The minimum absolute atomic E-state index is 0.271. The van der Waals surface area contributed by atoms with Crippen LogP contribution in [0.25, 0.3) is 0 Å². The normalized spacial score (nSPS) is 10.4. The summed E-state index contributed by atoms with van der Waals surface area (Å²) in [5, 5.41) is 6.07. The summed E-state index contributed by atoms with van der Waals surface area (Å²) < 4.78 is 0. The molecule has 1 aromatic heterocycles. The van der Waals surface area contributed by atoms with Gasteiger partial charge in [-0.05, 0) is 44.0 Å². The molecule has 25 heavy (non-hydrogen) atoms. The first kappa shape index (κ1) is 16.6. The van der Waals surface area contributed by atoms with Gasteiger partial charge < -0.3 is 10.6 Å². The number of rotatable bonds is 4. The third-order valence-electron chi connectivity index (χ3n) is 3.93. The van der Waals surface area contributed by atoms with Gasteiger partial charge in [0.15, 0.2) is 0 Å². The molecule has 3 aromatic rings. The molecule has 5 heteroatoms. The van der Waals surface area contributed by atoms with Crippen LogP contribution in [-0.4, -0.2) is 15.9 Å². The molecule has 0 aliphatic rings. The van der Waals surface area contributed by atoms with Gasteiger partial charge in [0.05, 0.1) is 12.4 Å². The summed E-state index contributed by atoms with van der Waals surface area (Å²) in [6, 6.07) is 13.7. The van der Waals surface area contributed by atoms with Gasteiger partial charge in [-0.1, -0.05) is 35.9 Å². The fourth-order valence-corrected chi connectivity index (χ4v) is 2.48. The second-order valence-corrected chi connectivity index (χ2v) is 6.00. The van der Waals surface area contributed by atoms with E-state index in [-0.39, 0.29) is 11.6 Å². The standard InChI is InChI=1S/C20H20N4O/c1-13-7-9-16(10-8-13)23-20(25)17-11-22-18(12-21-17)24-19-14(2)5-4-6-15(19)3/h4-12H,1-3H3,(H,22,24)(H,23,25). The highest BCUT2D eigenvalue weighted by Gasteiger charge is 2.09. The van der Waals surface area contributed by atoms with E-state index in [0.717, 1.165) is 28.1 Å². The second kappa shape index (κ2) is 7.13. The number of carbonyl (C=O) groups is 1. The smallest absolute Gasteiger partial charge is 0.275 e. The third kappa shape index (κ3) is 4.01. The fraction of sp³-hybridized carbons (Fsp3) is 0.150. The van der Waals surface area contributed by atoms with E-state index in [4.69, 9.17) is 0 Å². The van der Waals surface area contributed by atoms with Crippen LogP contribution >= 0.6 is 0 Å². The van der Waals surface area contributed by atoms with Gasteiger partial charge in [0.2, 0.25) is 0 Å². The lowest BCUT2D eigenvalue weighted by Crippen LogP contribution is -2.14. The number of hydrogen-bond acceptors (Lipinski definition) is 4. The molecule has 0 aliphatic heterocycles. The summed E-state index contributed by atoms with van der Waals surface area (Å²) in [6.07, 6.45) is 3.04.